The summed E-state index contributed by atoms with van der Waals surface area (Å²) in [6, 6.07) is 41.5. The molecule has 1 aliphatic heterocycles. The molecule has 5 aromatic rings. The second-order valence-electron chi connectivity index (χ2n) is 13.1. The summed E-state index contributed by atoms with van der Waals surface area (Å²) in [4.78, 5) is 32.8. The van der Waals surface area contributed by atoms with E-state index < -0.39 is 23.6 Å². The van der Waals surface area contributed by atoms with E-state index >= 15 is 0 Å². The Morgan fingerprint density at radius 3 is 1.83 bits per heavy atom. The molecule has 9 heteroatoms. The number of nitrogens with one attached hydrogen (secondary N) is 1. The maximum Gasteiger partial charge on any atom is 0.416 e. The summed E-state index contributed by atoms with van der Waals surface area (Å²) >= 11 is 0. The third kappa shape index (κ3) is 10.7. The molecule has 272 valence electrons. The van der Waals surface area contributed by atoms with E-state index in [4.69, 9.17) is 4.74 Å². The van der Waals surface area contributed by atoms with E-state index in [2.05, 4.69) is 22.3 Å². The Labute approximate surface area is 308 Å². The van der Waals surface area contributed by atoms with Gasteiger partial charge >= 0.3 is 6.18 Å². The Balaban J connectivity index is 1.22. The van der Waals surface area contributed by atoms with E-state index in [9.17, 15) is 22.8 Å². The molecule has 0 unspecified atom stereocenters. The van der Waals surface area contributed by atoms with Gasteiger partial charge in [0.2, 0.25) is 11.8 Å². The number of hydrogen-bond donors (Lipinski definition) is 1. The lowest BCUT2D eigenvalue weighted by atomic mass is 9.88. The van der Waals surface area contributed by atoms with Crippen LogP contribution in [0.4, 0.5) is 13.2 Å². The number of nitrogens with zero attached hydrogens (tertiary/aromatic N) is 2. The summed E-state index contributed by atoms with van der Waals surface area (Å²) in [5, 5.41) is 2.98. The van der Waals surface area contributed by atoms with Crippen molar-refractivity contribution < 1.29 is 27.5 Å². The smallest absolute Gasteiger partial charge is 0.416 e. The first-order valence-corrected chi connectivity index (χ1v) is 17.7. The van der Waals surface area contributed by atoms with Crippen molar-refractivity contribution in [3.05, 3.63) is 178 Å². The number of benzene rings is 5. The topological polar surface area (TPSA) is 61.9 Å². The van der Waals surface area contributed by atoms with Crippen molar-refractivity contribution in [2.45, 2.75) is 32.3 Å². The molecule has 6 rings (SSSR count). The van der Waals surface area contributed by atoms with Crippen molar-refractivity contribution in [1.82, 2.24) is 15.1 Å². The van der Waals surface area contributed by atoms with Crippen LogP contribution in [0.1, 0.15) is 33.4 Å². The maximum atomic E-state index is 14.5. The fourth-order valence-electron chi connectivity index (χ4n) is 6.37. The van der Waals surface area contributed by atoms with Gasteiger partial charge in [0.25, 0.3) is 0 Å². The van der Waals surface area contributed by atoms with Gasteiger partial charge in [0.15, 0.2) is 0 Å². The molecule has 0 spiro atoms. The average molecular weight is 718 g/mol. The molecular weight excluding hydrogens is 675 g/mol. The van der Waals surface area contributed by atoms with Gasteiger partial charge in [-0.15, -0.1) is 0 Å². The fraction of sp³-hybridized carbons (Fsp3) is 0.227. The average Bonchev–Trinajstić information content (AvgIpc) is 3.19. The van der Waals surface area contributed by atoms with Gasteiger partial charge in [-0.05, 0) is 64.6 Å². The van der Waals surface area contributed by atoms with Crippen LogP contribution in [0.2, 0.25) is 0 Å². The lowest BCUT2D eigenvalue weighted by Gasteiger charge is -2.37. The van der Waals surface area contributed by atoms with Crippen LogP contribution >= 0.6 is 0 Å². The summed E-state index contributed by atoms with van der Waals surface area (Å²) in [6.45, 7) is 3.70. The molecule has 0 bridgehead atoms. The highest BCUT2D eigenvalue weighted by atomic mass is 19.4. The fourth-order valence-corrected chi connectivity index (χ4v) is 6.37. The highest BCUT2D eigenvalue weighted by Gasteiger charge is 2.34. The van der Waals surface area contributed by atoms with Crippen molar-refractivity contribution in [2.24, 2.45) is 5.92 Å². The molecule has 1 aliphatic rings. The number of rotatable bonds is 13. The number of carbonyl (C=O) groups excluding carboxylic acids is 2. The van der Waals surface area contributed by atoms with Gasteiger partial charge in [-0.2, -0.15) is 13.2 Å². The minimum Gasteiger partial charge on any atom is -0.489 e. The lowest BCUT2D eigenvalue weighted by molar-refractivity contribution is -0.138. The van der Waals surface area contributed by atoms with Crippen molar-refractivity contribution in [3.8, 4) is 5.75 Å². The molecule has 1 N–H and O–H groups in total. The van der Waals surface area contributed by atoms with Crippen LogP contribution in [0.15, 0.2) is 145 Å². The number of halogens is 3. The zero-order chi connectivity index (χ0) is 37.0. The predicted molar refractivity (Wildman–Crippen MR) is 200 cm³/mol. The molecule has 0 radical (unpaired) electrons. The second-order valence-corrected chi connectivity index (χ2v) is 13.1. The number of alkyl halides is 3. The Morgan fingerprint density at radius 2 is 1.25 bits per heavy atom. The van der Waals surface area contributed by atoms with Crippen LogP contribution in [0, 0.1) is 5.92 Å². The van der Waals surface area contributed by atoms with Crippen molar-refractivity contribution >= 4 is 17.9 Å². The highest BCUT2D eigenvalue weighted by molar-refractivity contribution is 6.04. The zero-order valence-corrected chi connectivity index (χ0v) is 29.3. The molecule has 1 heterocycles. The summed E-state index contributed by atoms with van der Waals surface area (Å²) in [5.41, 5.74) is 3.72. The normalized spacial score (nSPS) is 14.4. The van der Waals surface area contributed by atoms with Crippen LogP contribution in [-0.4, -0.2) is 47.8 Å². The SMILES string of the molecule is O=C(NCc1ccc(OCc2ccccc2)cc1)C(=Cc1ccc(C(F)(F)F)cc1)[C@H](Cc1ccccc1)C(=O)N1CCN(Cc2ccccc2)CC1. The van der Waals surface area contributed by atoms with Gasteiger partial charge in [-0.25, -0.2) is 0 Å². The molecule has 0 aromatic heterocycles. The molecule has 6 nitrogen and oxygen atoms in total. The quantitative estimate of drug-likeness (QED) is 0.125. The Kier molecular flexibility index (Phi) is 12.4. The van der Waals surface area contributed by atoms with E-state index in [1.807, 2.05) is 103 Å². The maximum absolute atomic E-state index is 14.5. The monoisotopic (exact) mass is 717 g/mol. The lowest BCUT2D eigenvalue weighted by Crippen LogP contribution is -2.51. The van der Waals surface area contributed by atoms with Crippen molar-refractivity contribution in [1.29, 1.82) is 0 Å². The Bertz CT molecular complexity index is 1940. The first-order chi connectivity index (χ1) is 25.7. The third-order valence-corrected chi connectivity index (χ3v) is 9.34. The van der Waals surface area contributed by atoms with Crippen molar-refractivity contribution in [3.63, 3.8) is 0 Å². The van der Waals surface area contributed by atoms with Crippen molar-refractivity contribution in [2.75, 3.05) is 26.2 Å². The largest absolute Gasteiger partial charge is 0.489 e. The van der Waals surface area contributed by atoms with E-state index in [-0.39, 0.29) is 24.4 Å². The molecule has 53 heavy (non-hydrogen) atoms. The van der Waals surface area contributed by atoms with Crippen LogP contribution < -0.4 is 10.1 Å². The minimum absolute atomic E-state index is 0.173. The molecule has 1 atom stereocenters. The number of hydrogen-bond acceptors (Lipinski definition) is 4. The Hall–Kier alpha value is -5.67. The third-order valence-electron chi connectivity index (χ3n) is 9.34. The van der Waals surface area contributed by atoms with Gasteiger partial charge in [0.1, 0.15) is 12.4 Å². The number of amides is 2. The molecule has 5 aromatic carbocycles. The summed E-state index contributed by atoms with van der Waals surface area (Å²) < 4.78 is 46.1. The van der Waals surface area contributed by atoms with Gasteiger partial charge in [0, 0.05) is 44.8 Å². The standard InChI is InChI=1S/C44H42F3N3O3/c45-44(46,47)38-20-16-34(17-21-38)28-40(42(51)48-30-35-18-22-39(23-19-35)53-32-37-14-8-3-9-15-37)41(29-33-10-4-1-5-11-33)43(52)50-26-24-49(25-27-50)31-36-12-6-2-7-13-36/h1-23,28,41H,24-27,29-32H2,(H,48,51)/t41-/m0/s1. The zero-order valence-electron chi connectivity index (χ0n) is 29.3. The van der Waals surface area contributed by atoms with Gasteiger partial charge in [0.05, 0.1) is 11.5 Å². The van der Waals surface area contributed by atoms with Gasteiger partial charge in [-0.3, -0.25) is 14.5 Å². The van der Waals surface area contributed by atoms with Crippen LogP contribution in [0.3, 0.4) is 0 Å². The number of ether oxygens (including phenoxy) is 1. The second kappa shape index (κ2) is 17.7. The molecular formula is C44H42F3N3O3. The molecule has 1 saturated heterocycles. The predicted octanol–water partition coefficient (Wildman–Crippen LogP) is 8.19. The summed E-state index contributed by atoms with van der Waals surface area (Å²) in [7, 11) is 0. The molecule has 0 aliphatic carbocycles. The molecule has 0 saturated carbocycles. The summed E-state index contributed by atoms with van der Waals surface area (Å²) in [6.07, 6.45) is -2.70. The first kappa shape index (κ1) is 37.1. The minimum atomic E-state index is -4.50. The molecule has 2 amide bonds. The van der Waals surface area contributed by atoms with E-state index in [1.165, 1.54) is 17.7 Å². The van der Waals surface area contributed by atoms with E-state index in [0.717, 1.165) is 35.4 Å². The van der Waals surface area contributed by atoms with Gasteiger partial charge in [-0.1, -0.05) is 115 Å². The Morgan fingerprint density at radius 1 is 0.679 bits per heavy atom. The van der Waals surface area contributed by atoms with Crippen LogP contribution in [0.25, 0.3) is 6.08 Å². The van der Waals surface area contributed by atoms with E-state index in [1.54, 1.807) is 11.0 Å². The van der Waals surface area contributed by atoms with Crippen LogP contribution in [0.5, 0.6) is 5.75 Å². The number of piperazine rings is 1. The van der Waals surface area contributed by atoms with Crippen LogP contribution in [-0.2, 0) is 41.9 Å². The van der Waals surface area contributed by atoms with E-state index in [0.29, 0.717) is 44.1 Å². The summed E-state index contributed by atoms with van der Waals surface area (Å²) in [5.74, 6) is -0.855. The molecule has 1 fully saturated rings. The van der Waals surface area contributed by atoms with Gasteiger partial charge < -0.3 is 15.0 Å². The highest BCUT2D eigenvalue weighted by Crippen LogP contribution is 2.30. The number of carbonyl (C=O) groups is 2. The first-order valence-electron chi connectivity index (χ1n) is 17.7.